The summed E-state index contributed by atoms with van der Waals surface area (Å²) in [6, 6.07) is 16.2. The fourth-order valence-corrected chi connectivity index (χ4v) is 4.89. The molecule has 6 nitrogen and oxygen atoms in total. The van der Waals surface area contributed by atoms with Crippen molar-refractivity contribution in [3.05, 3.63) is 60.0 Å². The third-order valence-corrected chi connectivity index (χ3v) is 6.51. The summed E-state index contributed by atoms with van der Waals surface area (Å²) in [4.78, 5) is 0.912. The number of nitrogens with two attached hydrogens (primary N) is 1. The number of quaternary nitrogens is 1. The number of methoxy groups -OCH3 is 1. The zero-order valence-electron chi connectivity index (χ0n) is 16.8. The molecule has 4 aromatic rings. The zero-order valence-corrected chi connectivity index (χ0v) is 17.7. The van der Waals surface area contributed by atoms with Crippen molar-refractivity contribution >= 4 is 21.4 Å². The van der Waals surface area contributed by atoms with E-state index in [1.807, 2.05) is 36.4 Å². The predicted molar refractivity (Wildman–Crippen MR) is 116 cm³/mol. The molecule has 1 fully saturated rings. The first kappa shape index (κ1) is 19.1. The molecule has 0 spiro atoms. The number of hydrogen-bond acceptors (Lipinski definition) is 6. The first-order valence-electron chi connectivity index (χ1n) is 10.3. The fraction of sp³-hybridized carbons (Fsp3) is 0.304. The smallest absolute Gasteiger partial charge is 0.261 e. The van der Waals surface area contributed by atoms with Crippen molar-refractivity contribution in [3.8, 4) is 22.3 Å². The molecule has 1 aliphatic heterocycles. The van der Waals surface area contributed by atoms with Gasteiger partial charge in [0, 0.05) is 22.9 Å². The monoisotopic (exact) mass is 422 g/mol. The van der Waals surface area contributed by atoms with Crippen LogP contribution in [0.3, 0.4) is 0 Å². The van der Waals surface area contributed by atoms with Gasteiger partial charge in [0.25, 0.3) is 5.89 Å². The molecular formula is C23H24N3O3S+. The summed E-state index contributed by atoms with van der Waals surface area (Å²) in [7, 11) is 1.66. The molecule has 0 radical (unpaired) electrons. The first-order chi connectivity index (χ1) is 14.8. The Bertz CT molecular complexity index is 1150. The van der Waals surface area contributed by atoms with Gasteiger partial charge in [0.2, 0.25) is 5.89 Å². The number of nitrogens with zero attached hydrogens (tertiary/aromatic N) is 2. The Kier molecular flexibility index (Phi) is 5.38. The molecule has 3 heterocycles. The molecule has 0 unspecified atom stereocenters. The highest BCUT2D eigenvalue weighted by atomic mass is 32.1. The van der Waals surface area contributed by atoms with E-state index in [4.69, 9.17) is 13.9 Å². The van der Waals surface area contributed by atoms with Gasteiger partial charge >= 0.3 is 0 Å². The number of aromatic nitrogens is 2. The number of hydrogen-bond donors (Lipinski definition) is 1. The molecule has 2 aromatic heterocycles. The van der Waals surface area contributed by atoms with E-state index < -0.39 is 0 Å². The fourth-order valence-electron chi connectivity index (χ4n) is 3.83. The maximum Gasteiger partial charge on any atom is 0.261 e. The highest BCUT2D eigenvalue weighted by Crippen LogP contribution is 2.44. The van der Waals surface area contributed by atoms with Crippen molar-refractivity contribution in [3.63, 3.8) is 0 Å². The molecule has 0 bridgehead atoms. The van der Waals surface area contributed by atoms with Crippen LogP contribution >= 0.6 is 11.3 Å². The Balaban J connectivity index is 1.46. The highest BCUT2D eigenvalue weighted by Gasteiger charge is 2.25. The molecule has 2 N–H and O–H groups in total. The van der Waals surface area contributed by atoms with E-state index in [0.29, 0.717) is 18.2 Å². The molecule has 1 aliphatic rings. The van der Waals surface area contributed by atoms with Crippen LogP contribution in [-0.4, -0.2) is 36.5 Å². The molecule has 7 heteroatoms. The van der Waals surface area contributed by atoms with Gasteiger partial charge in [0.1, 0.15) is 16.7 Å². The summed E-state index contributed by atoms with van der Waals surface area (Å²) in [5.74, 6) is 2.79. The SMILES string of the molecule is COc1cccc(Cc2nnc(-c3sc4ccccc4c3OC3CC[NH2+]CC3)o2)c1. The average molecular weight is 423 g/mol. The van der Waals surface area contributed by atoms with E-state index >= 15 is 0 Å². The topological polar surface area (TPSA) is 74.0 Å². The van der Waals surface area contributed by atoms with Gasteiger partial charge in [-0.15, -0.1) is 21.5 Å². The Morgan fingerprint density at radius 2 is 1.97 bits per heavy atom. The Labute approximate surface area is 178 Å². The van der Waals surface area contributed by atoms with Gasteiger partial charge in [-0.25, -0.2) is 0 Å². The molecule has 2 aromatic carbocycles. The molecule has 0 aliphatic carbocycles. The van der Waals surface area contributed by atoms with Crippen molar-refractivity contribution in [1.82, 2.24) is 10.2 Å². The third kappa shape index (κ3) is 3.91. The molecule has 5 rings (SSSR count). The van der Waals surface area contributed by atoms with E-state index in [1.54, 1.807) is 18.4 Å². The van der Waals surface area contributed by atoms with E-state index in [-0.39, 0.29) is 6.10 Å². The van der Waals surface area contributed by atoms with Gasteiger partial charge in [0.05, 0.1) is 26.6 Å². The van der Waals surface area contributed by atoms with Crippen molar-refractivity contribution in [1.29, 1.82) is 0 Å². The van der Waals surface area contributed by atoms with Crippen molar-refractivity contribution in [2.45, 2.75) is 25.4 Å². The second-order valence-electron chi connectivity index (χ2n) is 7.47. The van der Waals surface area contributed by atoms with Gasteiger partial charge in [0.15, 0.2) is 5.75 Å². The predicted octanol–water partition coefficient (Wildman–Crippen LogP) is 3.66. The van der Waals surface area contributed by atoms with Crippen LogP contribution in [0.2, 0.25) is 0 Å². The Hall–Kier alpha value is -2.90. The third-order valence-electron chi connectivity index (χ3n) is 5.37. The second-order valence-corrected chi connectivity index (χ2v) is 8.52. The normalized spacial score (nSPS) is 14.8. The van der Waals surface area contributed by atoms with Crippen LogP contribution in [0.5, 0.6) is 11.5 Å². The summed E-state index contributed by atoms with van der Waals surface area (Å²) in [6.07, 6.45) is 2.89. The molecule has 1 saturated heterocycles. The van der Waals surface area contributed by atoms with E-state index in [9.17, 15) is 0 Å². The van der Waals surface area contributed by atoms with Gasteiger partial charge < -0.3 is 19.2 Å². The largest absolute Gasteiger partial charge is 0.497 e. The molecule has 154 valence electrons. The summed E-state index contributed by atoms with van der Waals surface area (Å²) in [5.41, 5.74) is 1.07. The summed E-state index contributed by atoms with van der Waals surface area (Å²) >= 11 is 1.64. The van der Waals surface area contributed by atoms with E-state index in [1.165, 1.54) is 0 Å². The lowest BCUT2D eigenvalue weighted by Gasteiger charge is -2.22. The molecule has 0 amide bonds. The van der Waals surface area contributed by atoms with Crippen LogP contribution in [0.25, 0.3) is 20.9 Å². The number of ether oxygens (including phenoxy) is 2. The van der Waals surface area contributed by atoms with Crippen LogP contribution in [0, 0.1) is 0 Å². The van der Waals surface area contributed by atoms with Gasteiger partial charge in [-0.05, 0) is 29.8 Å². The van der Waals surface area contributed by atoms with Gasteiger partial charge in [-0.1, -0.05) is 24.3 Å². The van der Waals surface area contributed by atoms with Crippen LogP contribution in [0.15, 0.2) is 52.9 Å². The van der Waals surface area contributed by atoms with Crippen LogP contribution in [-0.2, 0) is 6.42 Å². The van der Waals surface area contributed by atoms with Crippen molar-refractivity contribution < 1.29 is 19.2 Å². The highest BCUT2D eigenvalue weighted by molar-refractivity contribution is 7.22. The minimum absolute atomic E-state index is 0.228. The number of rotatable bonds is 6. The number of thiophene rings is 1. The molecule has 0 atom stereocenters. The average Bonchev–Trinajstić information content (AvgIpc) is 3.39. The Morgan fingerprint density at radius 3 is 2.83 bits per heavy atom. The van der Waals surface area contributed by atoms with Gasteiger partial charge in [-0.3, -0.25) is 0 Å². The summed E-state index contributed by atoms with van der Waals surface area (Å²) in [5, 5.41) is 12.1. The number of piperidine rings is 1. The van der Waals surface area contributed by atoms with Crippen LogP contribution < -0.4 is 14.8 Å². The van der Waals surface area contributed by atoms with Crippen molar-refractivity contribution in [2.75, 3.05) is 20.2 Å². The summed E-state index contributed by atoms with van der Waals surface area (Å²) < 4.78 is 19.0. The van der Waals surface area contributed by atoms with Gasteiger partial charge in [-0.2, -0.15) is 0 Å². The zero-order chi connectivity index (χ0) is 20.3. The van der Waals surface area contributed by atoms with Crippen LogP contribution in [0.4, 0.5) is 0 Å². The first-order valence-corrected chi connectivity index (χ1v) is 11.1. The Morgan fingerprint density at radius 1 is 1.10 bits per heavy atom. The van der Waals surface area contributed by atoms with E-state index in [0.717, 1.165) is 58.0 Å². The second kappa shape index (κ2) is 8.45. The lowest BCUT2D eigenvalue weighted by atomic mass is 10.1. The minimum atomic E-state index is 0.228. The molecule has 0 saturated carbocycles. The number of benzene rings is 2. The summed E-state index contributed by atoms with van der Waals surface area (Å²) in [6.45, 7) is 2.21. The van der Waals surface area contributed by atoms with Crippen molar-refractivity contribution in [2.24, 2.45) is 0 Å². The molecular weight excluding hydrogens is 398 g/mol. The quantitative estimate of drug-likeness (QED) is 0.513. The van der Waals surface area contributed by atoms with E-state index in [2.05, 4.69) is 27.6 Å². The number of fused-ring (bicyclic) bond motifs is 1. The lowest BCUT2D eigenvalue weighted by Crippen LogP contribution is -2.86. The maximum absolute atomic E-state index is 6.50. The minimum Gasteiger partial charge on any atom is -0.497 e. The maximum atomic E-state index is 6.50. The molecule has 30 heavy (non-hydrogen) atoms. The lowest BCUT2D eigenvalue weighted by molar-refractivity contribution is -0.664. The van der Waals surface area contributed by atoms with Crippen LogP contribution in [0.1, 0.15) is 24.3 Å². The standard InChI is InChI=1S/C23H23N3O3S/c1-27-17-6-4-5-15(13-17)14-20-25-26-23(29-20)22-21(28-16-9-11-24-12-10-16)18-7-2-3-8-19(18)30-22/h2-8,13,16,24H,9-12,14H2,1H3/p+1.